The minimum absolute atomic E-state index is 0.194. The lowest BCUT2D eigenvalue weighted by atomic mass is 10.1. The minimum atomic E-state index is 0.194. The van der Waals surface area contributed by atoms with Gasteiger partial charge in [-0.25, -0.2) is 19.6 Å². The highest BCUT2D eigenvalue weighted by molar-refractivity contribution is 7.19. The van der Waals surface area contributed by atoms with E-state index in [1.165, 1.54) is 34.2 Å². The van der Waals surface area contributed by atoms with Crippen molar-refractivity contribution >= 4 is 27.4 Å². The molecule has 1 unspecified atom stereocenters. The molecule has 142 valence electrons. The van der Waals surface area contributed by atoms with Crippen molar-refractivity contribution in [3.05, 3.63) is 58.7 Å². The Morgan fingerprint density at radius 1 is 1.14 bits per heavy atom. The minimum Gasteiger partial charge on any atom is -0.352 e. The van der Waals surface area contributed by atoms with E-state index in [2.05, 4.69) is 53.2 Å². The van der Waals surface area contributed by atoms with Crippen LogP contribution in [0.25, 0.3) is 15.9 Å². The number of hydrogen-bond donors (Lipinski definition) is 0. The van der Waals surface area contributed by atoms with Crippen molar-refractivity contribution in [1.82, 2.24) is 24.7 Å². The lowest BCUT2D eigenvalue weighted by Gasteiger charge is -2.27. The second kappa shape index (κ2) is 6.67. The molecule has 5 rings (SSSR count). The molecule has 1 atom stereocenters. The van der Waals surface area contributed by atoms with E-state index in [-0.39, 0.29) is 6.04 Å². The molecule has 1 aliphatic rings. The Morgan fingerprint density at radius 2 is 1.96 bits per heavy atom. The number of rotatable bonds is 4. The van der Waals surface area contributed by atoms with Crippen LogP contribution in [0.15, 0.2) is 36.9 Å². The number of thiophene rings is 1. The largest absolute Gasteiger partial charge is 0.352 e. The first-order valence-electron chi connectivity index (χ1n) is 9.58. The number of hydrogen-bond acceptors (Lipinski definition) is 6. The monoisotopic (exact) mass is 390 g/mol. The highest BCUT2D eigenvalue weighted by atomic mass is 32.1. The van der Waals surface area contributed by atoms with Gasteiger partial charge in [0.1, 0.15) is 29.1 Å². The molecule has 3 heterocycles. The van der Waals surface area contributed by atoms with E-state index in [0.717, 1.165) is 28.6 Å². The van der Waals surface area contributed by atoms with Crippen LogP contribution in [0.1, 0.15) is 41.2 Å². The maximum absolute atomic E-state index is 4.85. The third kappa shape index (κ3) is 2.77. The van der Waals surface area contributed by atoms with Gasteiger partial charge in [0.25, 0.3) is 0 Å². The van der Waals surface area contributed by atoms with E-state index in [1.54, 1.807) is 17.3 Å². The molecule has 0 fully saturated rings. The van der Waals surface area contributed by atoms with Crippen molar-refractivity contribution in [3.63, 3.8) is 0 Å². The fourth-order valence-corrected chi connectivity index (χ4v) is 5.29. The number of nitrogens with zero attached hydrogens (tertiary/aromatic N) is 6. The third-order valence-corrected chi connectivity index (χ3v) is 6.82. The molecule has 0 saturated heterocycles. The van der Waals surface area contributed by atoms with E-state index in [4.69, 9.17) is 9.97 Å². The molecule has 1 aromatic carbocycles. The van der Waals surface area contributed by atoms with Gasteiger partial charge in [-0.3, -0.25) is 0 Å². The molecule has 0 spiro atoms. The maximum atomic E-state index is 4.85. The van der Waals surface area contributed by atoms with Crippen molar-refractivity contribution in [1.29, 1.82) is 0 Å². The molecular weight excluding hydrogens is 368 g/mol. The van der Waals surface area contributed by atoms with Gasteiger partial charge >= 0.3 is 0 Å². The smallest absolute Gasteiger partial charge is 0.141 e. The third-order valence-electron chi connectivity index (χ3n) is 5.63. The van der Waals surface area contributed by atoms with Crippen LogP contribution in [0.2, 0.25) is 0 Å². The summed E-state index contributed by atoms with van der Waals surface area (Å²) in [5.41, 5.74) is 3.71. The van der Waals surface area contributed by atoms with Crippen LogP contribution in [0.4, 0.5) is 5.82 Å². The van der Waals surface area contributed by atoms with Gasteiger partial charge in [0.05, 0.1) is 17.1 Å². The van der Waals surface area contributed by atoms with Crippen LogP contribution in [-0.4, -0.2) is 31.8 Å². The topological polar surface area (TPSA) is 59.7 Å². The first-order valence-corrected chi connectivity index (χ1v) is 10.4. The van der Waals surface area contributed by atoms with Crippen LogP contribution >= 0.6 is 11.3 Å². The van der Waals surface area contributed by atoms with E-state index in [9.17, 15) is 0 Å². The van der Waals surface area contributed by atoms with Gasteiger partial charge in [0, 0.05) is 11.9 Å². The Kier molecular flexibility index (Phi) is 4.12. The maximum Gasteiger partial charge on any atom is 0.141 e. The molecule has 6 nitrogen and oxygen atoms in total. The van der Waals surface area contributed by atoms with Gasteiger partial charge in [-0.15, -0.1) is 11.3 Å². The molecule has 3 aromatic heterocycles. The first kappa shape index (κ1) is 17.3. The van der Waals surface area contributed by atoms with Gasteiger partial charge in [-0.1, -0.05) is 12.1 Å². The molecule has 0 amide bonds. The molecule has 0 radical (unpaired) electrons. The van der Waals surface area contributed by atoms with Gasteiger partial charge in [-0.05, 0) is 56.4 Å². The average Bonchev–Trinajstić information content (AvgIpc) is 3.43. The number of aryl methyl sites for hydroxylation is 3. The standard InChI is InChI=1S/C21H22N6S/c1-13(15-7-9-16(10-8-15)27-12-22-11-23-27)26(3)20-19-17-5-4-6-18(17)28-21(19)25-14(2)24-20/h7-13H,4-6H2,1-3H3. The predicted molar refractivity (Wildman–Crippen MR) is 112 cm³/mol. The Labute approximate surface area is 167 Å². The fraction of sp³-hybridized carbons (Fsp3) is 0.333. The molecule has 28 heavy (non-hydrogen) atoms. The summed E-state index contributed by atoms with van der Waals surface area (Å²) < 4.78 is 1.77. The van der Waals surface area contributed by atoms with Crippen molar-refractivity contribution in [2.75, 3.05) is 11.9 Å². The Bertz CT molecular complexity index is 1130. The quantitative estimate of drug-likeness (QED) is 0.521. The zero-order valence-electron chi connectivity index (χ0n) is 16.3. The summed E-state index contributed by atoms with van der Waals surface area (Å²) in [6.07, 6.45) is 6.82. The van der Waals surface area contributed by atoms with E-state index in [0.29, 0.717) is 0 Å². The highest BCUT2D eigenvalue weighted by Crippen LogP contribution is 2.41. The summed E-state index contributed by atoms with van der Waals surface area (Å²) in [7, 11) is 2.14. The molecule has 0 aliphatic heterocycles. The SMILES string of the molecule is Cc1nc(N(C)C(C)c2ccc(-n3cncn3)cc2)c2c3c(sc2n1)CCC3. The number of benzene rings is 1. The Morgan fingerprint density at radius 3 is 2.71 bits per heavy atom. The normalized spacial score (nSPS) is 14.4. The van der Waals surface area contributed by atoms with E-state index >= 15 is 0 Å². The second-order valence-electron chi connectivity index (χ2n) is 7.35. The number of aromatic nitrogens is 5. The van der Waals surface area contributed by atoms with Gasteiger partial charge in [-0.2, -0.15) is 5.10 Å². The van der Waals surface area contributed by atoms with E-state index in [1.807, 2.05) is 18.3 Å². The number of anilines is 1. The van der Waals surface area contributed by atoms with Crippen LogP contribution in [0, 0.1) is 6.92 Å². The van der Waals surface area contributed by atoms with Crippen molar-refractivity contribution < 1.29 is 0 Å². The molecule has 0 bridgehead atoms. The average molecular weight is 391 g/mol. The lowest BCUT2D eigenvalue weighted by Crippen LogP contribution is -2.23. The molecule has 1 aliphatic carbocycles. The van der Waals surface area contributed by atoms with Crippen molar-refractivity contribution in [3.8, 4) is 5.69 Å². The molecule has 0 saturated carbocycles. The van der Waals surface area contributed by atoms with Gasteiger partial charge in [0.2, 0.25) is 0 Å². The lowest BCUT2D eigenvalue weighted by molar-refractivity contribution is 0.728. The fourth-order valence-electron chi connectivity index (χ4n) is 3.99. The molecular formula is C21H22N6S. The summed E-state index contributed by atoms with van der Waals surface area (Å²) in [5, 5.41) is 5.46. The van der Waals surface area contributed by atoms with E-state index < -0.39 is 0 Å². The second-order valence-corrected chi connectivity index (χ2v) is 8.43. The summed E-state index contributed by atoms with van der Waals surface area (Å²) >= 11 is 1.85. The summed E-state index contributed by atoms with van der Waals surface area (Å²) in [5.74, 6) is 1.89. The summed E-state index contributed by atoms with van der Waals surface area (Å²) in [6, 6.07) is 8.66. The summed E-state index contributed by atoms with van der Waals surface area (Å²) in [4.78, 5) is 18.5. The van der Waals surface area contributed by atoms with Crippen LogP contribution in [0.3, 0.4) is 0 Å². The van der Waals surface area contributed by atoms with Crippen LogP contribution in [-0.2, 0) is 12.8 Å². The number of fused-ring (bicyclic) bond motifs is 3. The van der Waals surface area contributed by atoms with Crippen molar-refractivity contribution in [2.45, 2.75) is 39.2 Å². The molecule has 7 heteroatoms. The van der Waals surface area contributed by atoms with Gasteiger partial charge < -0.3 is 4.90 Å². The predicted octanol–water partition coefficient (Wildman–Crippen LogP) is 4.27. The molecule has 0 N–H and O–H groups in total. The Hall–Kier alpha value is -2.80. The van der Waals surface area contributed by atoms with Crippen molar-refractivity contribution in [2.24, 2.45) is 0 Å². The first-order chi connectivity index (χ1) is 13.6. The van der Waals surface area contributed by atoms with Gasteiger partial charge in [0.15, 0.2) is 0 Å². The van der Waals surface area contributed by atoms with Crippen LogP contribution in [0.5, 0.6) is 0 Å². The molecule has 4 aromatic rings. The Balaban J connectivity index is 1.51. The van der Waals surface area contributed by atoms with Crippen LogP contribution < -0.4 is 4.90 Å². The highest BCUT2D eigenvalue weighted by Gasteiger charge is 2.25. The summed E-state index contributed by atoms with van der Waals surface area (Å²) in [6.45, 7) is 4.21. The zero-order chi connectivity index (χ0) is 19.3. The zero-order valence-corrected chi connectivity index (χ0v) is 17.1.